The molecular weight excluding hydrogens is 501 g/mol. The summed E-state index contributed by atoms with van der Waals surface area (Å²) in [4.78, 5) is 38.1. The summed E-state index contributed by atoms with van der Waals surface area (Å²) in [5, 5.41) is -0.536. The molecule has 1 aliphatic rings. The second-order valence-electron chi connectivity index (χ2n) is 7.07. The largest absolute Gasteiger partial charge is 0.488 e. The van der Waals surface area contributed by atoms with Crippen molar-refractivity contribution < 1.29 is 28.2 Å². The first kappa shape index (κ1) is 24.0. The minimum atomic E-state index is -0.631. The number of benzene rings is 2. The number of hydrogen-bond acceptors (Lipinski definition) is 6. The highest BCUT2D eigenvalue weighted by atomic mass is 79.9. The van der Waals surface area contributed by atoms with Gasteiger partial charge < -0.3 is 9.47 Å². The van der Waals surface area contributed by atoms with Crippen LogP contribution in [0.2, 0.25) is 0 Å². The number of nitrogens with zero attached hydrogens (tertiary/aromatic N) is 1. The molecule has 1 heterocycles. The summed E-state index contributed by atoms with van der Waals surface area (Å²) in [5.74, 6) is -1.04. The lowest BCUT2D eigenvalue weighted by molar-refractivity contribution is -0.150. The van der Waals surface area contributed by atoms with E-state index in [1.165, 1.54) is 12.1 Å². The minimum absolute atomic E-state index is 0.177. The van der Waals surface area contributed by atoms with E-state index in [2.05, 4.69) is 15.9 Å². The highest BCUT2D eigenvalue weighted by molar-refractivity contribution is 9.10. The number of hydrogen-bond donors (Lipinski definition) is 0. The van der Waals surface area contributed by atoms with E-state index in [-0.39, 0.29) is 23.4 Å². The van der Waals surface area contributed by atoms with Gasteiger partial charge in [0.1, 0.15) is 24.7 Å². The van der Waals surface area contributed by atoms with Crippen molar-refractivity contribution in [1.82, 2.24) is 4.90 Å². The van der Waals surface area contributed by atoms with E-state index in [0.717, 1.165) is 26.7 Å². The molecule has 6 nitrogen and oxygen atoms in total. The summed E-state index contributed by atoms with van der Waals surface area (Å²) in [7, 11) is 0. The number of ether oxygens (including phenoxy) is 2. The van der Waals surface area contributed by atoms with Gasteiger partial charge in [-0.05, 0) is 67.1 Å². The molecule has 1 aliphatic heterocycles. The van der Waals surface area contributed by atoms with Crippen LogP contribution < -0.4 is 4.74 Å². The van der Waals surface area contributed by atoms with E-state index in [4.69, 9.17) is 9.47 Å². The number of esters is 1. The number of amides is 2. The molecule has 1 saturated heterocycles. The molecule has 0 aromatic heterocycles. The molecule has 0 aliphatic carbocycles. The van der Waals surface area contributed by atoms with Crippen LogP contribution in [-0.2, 0) is 20.9 Å². The molecular formula is C23H21BrFNO5S. The third kappa shape index (κ3) is 6.20. The number of carbonyl (C=O) groups excluding carboxylic acids is 3. The molecule has 2 aromatic carbocycles. The van der Waals surface area contributed by atoms with Gasteiger partial charge in [0.2, 0.25) is 0 Å². The Morgan fingerprint density at radius 3 is 2.62 bits per heavy atom. The SMILES string of the molecule is CC[C@H](C)OC(=O)CN1C(=O)S/C(=C\c2cc(Br)ccc2OCc2ccc(F)cc2)C1=O. The van der Waals surface area contributed by atoms with Crippen molar-refractivity contribution in [2.75, 3.05) is 6.54 Å². The highest BCUT2D eigenvalue weighted by Gasteiger charge is 2.37. The normalized spacial score (nSPS) is 15.9. The Kier molecular flexibility index (Phi) is 8.09. The summed E-state index contributed by atoms with van der Waals surface area (Å²) in [5.41, 5.74) is 1.36. The van der Waals surface area contributed by atoms with Crippen LogP contribution >= 0.6 is 27.7 Å². The first-order valence-corrected chi connectivity index (χ1v) is 11.5. The lowest BCUT2D eigenvalue weighted by atomic mass is 10.1. The molecule has 0 bridgehead atoms. The highest BCUT2D eigenvalue weighted by Crippen LogP contribution is 2.35. The second kappa shape index (κ2) is 10.8. The quantitative estimate of drug-likeness (QED) is 0.335. The van der Waals surface area contributed by atoms with Gasteiger partial charge in [0, 0.05) is 10.0 Å². The maximum Gasteiger partial charge on any atom is 0.326 e. The first-order valence-electron chi connectivity index (χ1n) is 9.88. The van der Waals surface area contributed by atoms with Gasteiger partial charge in [-0.1, -0.05) is 35.0 Å². The maximum atomic E-state index is 13.1. The zero-order chi connectivity index (χ0) is 23.3. The minimum Gasteiger partial charge on any atom is -0.488 e. The Labute approximate surface area is 197 Å². The lowest BCUT2D eigenvalue weighted by Gasteiger charge is -2.15. The third-order valence-electron chi connectivity index (χ3n) is 4.63. The molecule has 2 amide bonds. The zero-order valence-corrected chi connectivity index (χ0v) is 19.9. The van der Waals surface area contributed by atoms with Crippen molar-refractivity contribution in [3.63, 3.8) is 0 Å². The number of thioether (sulfide) groups is 1. The van der Waals surface area contributed by atoms with Gasteiger partial charge in [-0.2, -0.15) is 0 Å². The van der Waals surface area contributed by atoms with Crippen LogP contribution in [0.5, 0.6) is 5.75 Å². The fourth-order valence-electron chi connectivity index (χ4n) is 2.76. The molecule has 3 rings (SSSR count). The molecule has 2 aromatic rings. The Morgan fingerprint density at radius 1 is 1.22 bits per heavy atom. The van der Waals surface area contributed by atoms with Crippen molar-refractivity contribution in [2.24, 2.45) is 0 Å². The van der Waals surface area contributed by atoms with Crippen LogP contribution in [0.1, 0.15) is 31.4 Å². The molecule has 1 atom stereocenters. The molecule has 0 N–H and O–H groups in total. The van der Waals surface area contributed by atoms with Gasteiger partial charge in [0.25, 0.3) is 11.1 Å². The van der Waals surface area contributed by atoms with E-state index < -0.39 is 23.7 Å². The smallest absolute Gasteiger partial charge is 0.326 e. The number of halogens is 2. The molecule has 0 radical (unpaired) electrons. The van der Waals surface area contributed by atoms with Gasteiger partial charge in [0.15, 0.2) is 0 Å². The topological polar surface area (TPSA) is 72.9 Å². The molecule has 9 heteroatoms. The molecule has 0 unspecified atom stereocenters. The molecule has 1 fully saturated rings. The Morgan fingerprint density at radius 2 is 1.94 bits per heavy atom. The summed E-state index contributed by atoms with van der Waals surface area (Å²) in [6, 6.07) is 11.2. The van der Waals surface area contributed by atoms with Gasteiger partial charge in [-0.3, -0.25) is 19.3 Å². The fraction of sp³-hybridized carbons (Fsp3) is 0.261. The summed E-state index contributed by atoms with van der Waals surface area (Å²) < 4.78 is 24.9. The van der Waals surface area contributed by atoms with Crippen LogP contribution in [0.3, 0.4) is 0 Å². The summed E-state index contributed by atoms with van der Waals surface area (Å²) in [6.07, 6.45) is 1.90. The molecule has 32 heavy (non-hydrogen) atoms. The second-order valence-corrected chi connectivity index (χ2v) is 8.98. The average molecular weight is 522 g/mol. The number of rotatable bonds is 8. The molecule has 168 valence electrons. The van der Waals surface area contributed by atoms with Crippen molar-refractivity contribution in [2.45, 2.75) is 33.0 Å². The van der Waals surface area contributed by atoms with Crippen LogP contribution in [0.4, 0.5) is 9.18 Å². The van der Waals surface area contributed by atoms with Crippen molar-refractivity contribution >= 4 is 50.9 Å². The van der Waals surface area contributed by atoms with Gasteiger partial charge >= 0.3 is 5.97 Å². The van der Waals surface area contributed by atoms with E-state index in [1.807, 2.05) is 6.92 Å². The number of carbonyl (C=O) groups is 3. The van der Waals surface area contributed by atoms with E-state index in [0.29, 0.717) is 17.7 Å². The van der Waals surface area contributed by atoms with Crippen molar-refractivity contribution in [3.05, 3.63) is 68.8 Å². The van der Waals surface area contributed by atoms with Gasteiger partial charge in [-0.25, -0.2) is 4.39 Å². The van der Waals surface area contributed by atoms with Crippen molar-refractivity contribution in [1.29, 1.82) is 0 Å². The lowest BCUT2D eigenvalue weighted by Crippen LogP contribution is -2.35. The fourth-order valence-corrected chi connectivity index (χ4v) is 3.96. The van der Waals surface area contributed by atoms with Crippen LogP contribution in [-0.4, -0.2) is 34.7 Å². The monoisotopic (exact) mass is 521 g/mol. The molecule has 0 spiro atoms. The average Bonchev–Trinajstić information content (AvgIpc) is 3.01. The van der Waals surface area contributed by atoms with Crippen LogP contribution in [0, 0.1) is 5.82 Å². The predicted molar refractivity (Wildman–Crippen MR) is 123 cm³/mol. The zero-order valence-electron chi connectivity index (χ0n) is 17.5. The van der Waals surface area contributed by atoms with Crippen LogP contribution in [0.15, 0.2) is 51.8 Å². The first-order chi connectivity index (χ1) is 15.3. The van der Waals surface area contributed by atoms with Crippen LogP contribution in [0.25, 0.3) is 6.08 Å². The summed E-state index contributed by atoms with van der Waals surface area (Å²) >= 11 is 4.15. The van der Waals surface area contributed by atoms with E-state index >= 15 is 0 Å². The Hall–Kier alpha value is -2.65. The van der Waals surface area contributed by atoms with E-state index in [1.54, 1.807) is 43.3 Å². The molecule has 0 saturated carbocycles. The van der Waals surface area contributed by atoms with Crippen molar-refractivity contribution in [3.8, 4) is 5.75 Å². The predicted octanol–water partition coefficient (Wildman–Crippen LogP) is 5.55. The van der Waals surface area contributed by atoms with E-state index in [9.17, 15) is 18.8 Å². The third-order valence-corrected chi connectivity index (χ3v) is 6.04. The van der Waals surface area contributed by atoms with Gasteiger partial charge in [0.05, 0.1) is 11.0 Å². The number of imide groups is 1. The Bertz CT molecular complexity index is 1060. The standard InChI is InChI=1S/C23H21BrFNO5S/c1-3-14(2)31-21(27)12-26-22(28)20(32-23(26)29)11-16-10-17(24)6-9-19(16)30-13-15-4-7-18(25)8-5-15/h4-11,14H,3,12-13H2,1-2H3/b20-11-/t14-/m0/s1. The maximum absolute atomic E-state index is 13.1. The van der Waals surface area contributed by atoms with Gasteiger partial charge in [-0.15, -0.1) is 0 Å². The summed E-state index contributed by atoms with van der Waals surface area (Å²) in [6.45, 7) is 3.38. The Balaban J connectivity index is 1.76.